The first-order chi connectivity index (χ1) is 17.5. The van der Waals surface area contributed by atoms with Crippen LogP contribution in [0.1, 0.15) is 26.3 Å². The van der Waals surface area contributed by atoms with Crippen molar-refractivity contribution in [1.29, 1.82) is 0 Å². The normalized spacial score (nSPS) is 12.9. The molecule has 0 bridgehead atoms. The molecule has 0 aliphatic rings. The van der Waals surface area contributed by atoms with E-state index in [9.17, 15) is 0 Å². The molecule has 8 nitrogen and oxygen atoms in total. The van der Waals surface area contributed by atoms with Gasteiger partial charge in [-0.1, -0.05) is 18.7 Å². The fourth-order valence-corrected chi connectivity index (χ4v) is 4.03. The number of fused-ring (bicyclic) bond motifs is 1. The lowest BCUT2D eigenvalue weighted by molar-refractivity contribution is 0.764. The summed E-state index contributed by atoms with van der Waals surface area (Å²) in [5.41, 5.74) is 5.01. The van der Waals surface area contributed by atoms with Gasteiger partial charge in [-0.15, -0.1) is 0 Å². The van der Waals surface area contributed by atoms with E-state index in [0.29, 0.717) is 33.5 Å². The highest BCUT2D eigenvalue weighted by Crippen LogP contribution is 2.28. The van der Waals surface area contributed by atoms with Gasteiger partial charge in [0.05, 0.1) is 28.0 Å². The first kappa shape index (κ1) is 23.1. The number of aromatic amines is 2. The first-order valence-corrected chi connectivity index (χ1v) is 11.5. The van der Waals surface area contributed by atoms with Crippen LogP contribution in [0.25, 0.3) is 51.2 Å². The topological polar surface area (TPSA) is 108 Å². The highest BCUT2D eigenvalue weighted by atomic mass is 19.1. The monoisotopic (exact) mass is 480 g/mol. The second-order valence-corrected chi connectivity index (χ2v) is 8.61. The van der Waals surface area contributed by atoms with Gasteiger partial charge in [0.1, 0.15) is 17.0 Å². The van der Waals surface area contributed by atoms with Gasteiger partial charge in [0.25, 0.3) is 0 Å². The number of halogens is 1. The van der Waals surface area contributed by atoms with E-state index in [1.807, 2.05) is 39.0 Å². The van der Waals surface area contributed by atoms with Crippen LogP contribution < -0.4 is 15.9 Å². The van der Waals surface area contributed by atoms with Crippen LogP contribution >= 0.6 is 0 Å². The Hall–Kier alpha value is -4.66. The zero-order valence-corrected chi connectivity index (χ0v) is 20.2. The van der Waals surface area contributed by atoms with Gasteiger partial charge in [0, 0.05) is 59.3 Å². The molecule has 0 saturated heterocycles. The van der Waals surface area contributed by atoms with E-state index in [-0.39, 0.29) is 16.8 Å². The lowest BCUT2D eigenvalue weighted by Crippen LogP contribution is -2.26. The van der Waals surface area contributed by atoms with Crippen LogP contribution in [0.15, 0.2) is 62.0 Å². The molecule has 0 unspecified atom stereocenters. The Morgan fingerprint density at radius 1 is 1.11 bits per heavy atom. The molecule has 0 radical (unpaired) electrons. The number of nitrogens with one attached hydrogen (secondary N) is 3. The molecule has 3 N–H and O–H groups in total. The van der Waals surface area contributed by atoms with E-state index in [2.05, 4.69) is 42.0 Å². The standard InChI is InChI=1S/C27H25FN8/c1-5-21-23(24(28)16(4)18-9-19(12-30-11-18)32-15(2)3)26(36-35-21)27-33-22-14-31-13-20(25(22)34-27)17-7-6-8-29-10-17/h5-15,32,35H,4H2,1-3H3,(H,33,34)/b21-5+,24-23-. The maximum atomic E-state index is 16.1. The summed E-state index contributed by atoms with van der Waals surface area (Å²) in [6, 6.07) is 5.84. The Bertz CT molecular complexity index is 1680. The molecule has 5 rings (SSSR count). The number of anilines is 1. The molecular formula is C27H25FN8. The van der Waals surface area contributed by atoms with Crippen LogP contribution in [0.4, 0.5) is 10.1 Å². The predicted molar refractivity (Wildman–Crippen MR) is 141 cm³/mol. The fourth-order valence-electron chi connectivity index (χ4n) is 4.03. The number of H-pyrrole nitrogens is 2. The third kappa shape index (κ3) is 4.26. The molecule has 0 atom stereocenters. The third-order valence-corrected chi connectivity index (χ3v) is 5.70. The highest BCUT2D eigenvalue weighted by Gasteiger charge is 2.18. The van der Waals surface area contributed by atoms with Crippen LogP contribution in [-0.4, -0.2) is 41.2 Å². The minimum atomic E-state index is -0.513. The van der Waals surface area contributed by atoms with E-state index in [0.717, 1.165) is 16.8 Å². The molecule has 0 saturated carbocycles. The van der Waals surface area contributed by atoms with Crippen molar-refractivity contribution >= 4 is 34.2 Å². The summed E-state index contributed by atoms with van der Waals surface area (Å²) in [4.78, 5) is 20.8. The molecule has 0 spiro atoms. The zero-order valence-electron chi connectivity index (χ0n) is 20.2. The Morgan fingerprint density at radius 3 is 2.69 bits per heavy atom. The van der Waals surface area contributed by atoms with Gasteiger partial charge in [0.15, 0.2) is 5.82 Å². The summed E-state index contributed by atoms with van der Waals surface area (Å²) in [7, 11) is 0. The van der Waals surface area contributed by atoms with Gasteiger partial charge in [-0.2, -0.15) is 5.10 Å². The number of hydrogen-bond donors (Lipinski definition) is 3. The second-order valence-electron chi connectivity index (χ2n) is 8.61. The highest BCUT2D eigenvalue weighted by molar-refractivity contribution is 5.95. The van der Waals surface area contributed by atoms with Crippen LogP contribution in [0.5, 0.6) is 0 Å². The predicted octanol–water partition coefficient (Wildman–Crippen LogP) is 4.22. The molecule has 0 amide bonds. The van der Waals surface area contributed by atoms with Gasteiger partial charge in [-0.25, -0.2) is 9.37 Å². The summed E-state index contributed by atoms with van der Waals surface area (Å²) in [6.45, 7) is 9.89. The van der Waals surface area contributed by atoms with Crippen molar-refractivity contribution in [2.24, 2.45) is 0 Å². The molecule has 0 fully saturated rings. The average molecular weight is 481 g/mol. The maximum absolute atomic E-state index is 16.1. The van der Waals surface area contributed by atoms with Gasteiger partial charge in [-0.3, -0.25) is 20.1 Å². The van der Waals surface area contributed by atoms with Crippen molar-refractivity contribution in [3.8, 4) is 22.6 Å². The molecule has 36 heavy (non-hydrogen) atoms. The van der Waals surface area contributed by atoms with Crippen molar-refractivity contribution in [3.05, 3.63) is 78.1 Å². The first-order valence-electron chi connectivity index (χ1n) is 11.5. The molecule has 9 heteroatoms. The van der Waals surface area contributed by atoms with E-state index in [1.54, 1.807) is 43.3 Å². The van der Waals surface area contributed by atoms with Crippen molar-refractivity contribution in [1.82, 2.24) is 35.1 Å². The number of rotatable bonds is 6. The number of nitrogens with zero attached hydrogens (tertiary/aromatic N) is 5. The van der Waals surface area contributed by atoms with Crippen LogP contribution in [0.3, 0.4) is 0 Å². The smallest absolute Gasteiger partial charge is 0.159 e. The molecule has 180 valence electrons. The van der Waals surface area contributed by atoms with E-state index < -0.39 is 5.83 Å². The molecule has 0 aliphatic carbocycles. The SMILES string of the molecule is C=C(/C(F)=c1/c(-c2nc3c(-c4cccnc4)cncc3[nH]2)n[nH]/c1=C/C)c1cncc(NC(C)C)c1. The lowest BCUT2D eigenvalue weighted by atomic mass is 10.1. The van der Waals surface area contributed by atoms with E-state index in [4.69, 9.17) is 4.98 Å². The van der Waals surface area contributed by atoms with Crippen molar-refractivity contribution < 1.29 is 4.39 Å². The van der Waals surface area contributed by atoms with Gasteiger partial charge >= 0.3 is 0 Å². The maximum Gasteiger partial charge on any atom is 0.159 e. The molecule has 5 aromatic heterocycles. The number of imidazole rings is 1. The number of aromatic nitrogens is 7. The Balaban J connectivity index is 1.65. The quantitative estimate of drug-likeness (QED) is 0.336. The van der Waals surface area contributed by atoms with E-state index >= 15 is 4.39 Å². The average Bonchev–Trinajstić information content (AvgIpc) is 3.52. The summed E-state index contributed by atoms with van der Waals surface area (Å²) in [5.74, 6) is -0.0970. The zero-order chi connectivity index (χ0) is 25.2. The van der Waals surface area contributed by atoms with Crippen molar-refractivity contribution in [2.75, 3.05) is 5.32 Å². The molecule has 0 aliphatic heterocycles. The Kier molecular flexibility index (Phi) is 6.12. The minimum Gasteiger partial charge on any atom is -0.382 e. The number of pyridine rings is 3. The summed E-state index contributed by atoms with van der Waals surface area (Å²) < 4.78 is 16.1. The lowest BCUT2D eigenvalue weighted by Gasteiger charge is -2.11. The molecule has 5 aromatic rings. The van der Waals surface area contributed by atoms with Crippen molar-refractivity contribution in [3.63, 3.8) is 0 Å². The van der Waals surface area contributed by atoms with Gasteiger partial charge in [0.2, 0.25) is 0 Å². The number of hydrogen-bond acceptors (Lipinski definition) is 6. The molecular weight excluding hydrogens is 455 g/mol. The molecule has 0 aromatic carbocycles. The fraction of sp³-hybridized carbons (Fsp3) is 0.148. The van der Waals surface area contributed by atoms with Gasteiger partial charge < -0.3 is 10.3 Å². The summed E-state index contributed by atoms with van der Waals surface area (Å²) in [6.07, 6.45) is 11.9. The Labute approximate surface area is 206 Å². The van der Waals surface area contributed by atoms with E-state index in [1.165, 1.54) is 0 Å². The van der Waals surface area contributed by atoms with Crippen molar-refractivity contribution in [2.45, 2.75) is 26.8 Å². The second kappa shape index (κ2) is 9.53. The summed E-state index contributed by atoms with van der Waals surface area (Å²) >= 11 is 0. The van der Waals surface area contributed by atoms with Gasteiger partial charge in [-0.05, 0) is 32.9 Å². The third-order valence-electron chi connectivity index (χ3n) is 5.70. The van der Waals surface area contributed by atoms with Crippen LogP contribution in [0, 0.1) is 0 Å². The minimum absolute atomic E-state index is 0.203. The molecule has 5 heterocycles. The summed E-state index contributed by atoms with van der Waals surface area (Å²) in [5, 5.41) is 11.4. The largest absolute Gasteiger partial charge is 0.382 e. The van der Waals surface area contributed by atoms with Crippen LogP contribution in [-0.2, 0) is 0 Å². The van der Waals surface area contributed by atoms with Crippen LogP contribution in [0.2, 0.25) is 0 Å². The number of allylic oxidation sites excluding steroid dienone is 1. The Morgan fingerprint density at radius 2 is 1.94 bits per heavy atom.